The Labute approximate surface area is 108 Å². The molecule has 0 radical (unpaired) electrons. The molecule has 2 N–H and O–H groups in total. The van der Waals surface area contributed by atoms with E-state index < -0.39 is 0 Å². The van der Waals surface area contributed by atoms with Gasteiger partial charge in [0, 0.05) is 5.69 Å². The van der Waals surface area contributed by atoms with Crippen LogP contribution in [0.25, 0.3) is 11.0 Å². The molecule has 0 spiro atoms. The predicted octanol–water partition coefficient (Wildman–Crippen LogP) is 3.32. The highest BCUT2D eigenvalue weighted by Crippen LogP contribution is 2.19. The van der Waals surface area contributed by atoms with E-state index in [0.717, 1.165) is 11.0 Å². The second kappa shape index (κ2) is 4.42. The van der Waals surface area contributed by atoms with E-state index in [-0.39, 0.29) is 5.82 Å². The van der Waals surface area contributed by atoms with Crippen LogP contribution in [-0.4, -0.2) is 9.97 Å². The molecule has 0 amide bonds. The molecule has 0 unspecified atom stereocenters. The molecule has 3 rings (SSSR count). The summed E-state index contributed by atoms with van der Waals surface area (Å²) in [6.07, 6.45) is 0. The molecule has 3 aromatic rings. The number of benzene rings is 2. The van der Waals surface area contributed by atoms with Gasteiger partial charge in [-0.2, -0.15) is 5.26 Å². The van der Waals surface area contributed by atoms with Gasteiger partial charge in [-0.25, -0.2) is 9.37 Å². The molecule has 0 aliphatic heterocycles. The average molecular weight is 252 g/mol. The first-order valence-corrected chi connectivity index (χ1v) is 5.67. The summed E-state index contributed by atoms with van der Waals surface area (Å²) in [7, 11) is 0. The molecule has 92 valence electrons. The lowest BCUT2D eigenvalue weighted by Crippen LogP contribution is -1.92. The van der Waals surface area contributed by atoms with Crippen LogP contribution >= 0.6 is 0 Å². The Morgan fingerprint density at radius 2 is 2.11 bits per heavy atom. The van der Waals surface area contributed by atoms with E-state index in [9.17, 15) is 4.39 Å². The minimum atomic E-state index is -0.312. The summed E-state index contributed by atoms with van der Waals surface area (Å²) in [5.41, 5.74) is 2.68. The molecular weight excluding hydrogens is 243 g/mol. The fourth-order valence-corrected chi connectivity index (χ4v) is 1.84. The molecule has 0 bridgehead atoms. The number of anilines is 2. The zero-order valence-corrected chi connectivity index (χ0v) is 9.81. The van der Waals surface area contributed by atoms with Gasteiger partial charge in [-0.1, -0.05) is 6.07 Å². The van der Waals surface area contributed by atoms with Gasteiger partial charge < -0.3 is 10.3 Å². The highest BCUT2D eigenvalue weighted by atomic mass is 19.1. The molecule has 0 aliphatic rings. The van der Waals surface area contributed by atoms with Crippen LogP contribution in [0.5, 0.6) is 0 Å². The van der Waals surface area contributed by atoms with Crippen LogP contribution in [0.1, 0.15) is 5.56 Å². The average Bonchev–Trinajstić information content (AvgIpc) is 2.79. The third-order valence-electron chi connectivity index (χ3n) is 2.70. The summed E-state index contributed by atoms with van der Waals surface area (Å²) >= 11 is 0. The van der Waals surface area contributed by atoms with Crippen LogP contribution in [-0.2, 0) is 0 Å². The van der Waals surface area contributed by atoms with Crippen molar-refractivity contribution in [2.75, 3.05) is 5.32 Å². The summed E-state index contributed by atoms with van der Waals surface area (Å²) in [5.74, 6) is 0.198. The number of nitriles is 1. The highest BCUT2D eigenvalue weighted by molar-refractivity contribution is 5.79. The number of nitrogens with one attached hydrogen (secondary N) is 2. The van der Waals surface area contributed by atoms with Crippen molar-refractivity contribution in [2.45, 2.75) is 0 Å². The molecule has 2 aromatic carbocycles. The van der Waals surface area contributed by atoms with Gasteiger partial charge in [-0.05, 0) is 36.4 Å². The Morgan fingerprint density at radius 3 is 2.89 bits per heavy atom. The molecular formula is C14H9FN4. The number of halogens is 1. The number of hydrogen-bond donors (Lipinski definition) is 2. The van der Waals surface area contributed by atoms with Crippen molar-refractivity contribution in [3.8, 4) is 6.07 Å². The van der Waals surface area contributed by atoms with Crippen LogP contribution in [0.2, 0.25) is 0 Å². The predicted molar refractivity (Wildman–Crippen MR) is 70.5 cm³/mol. The van der Waals surface area contributed by atoms with Gasteiger partial charge in [0.1, 0.15) is 5.82 Å². The summed E-state index contributed by atoms with van der Waals surface area (Å²) in [6, 6.07) is 13.4. The third kappa shape index (κ3) is 2.24. The van der Waals surface area contributed by atoms with E-state index >= 15 is 0 Å². The van der Waals surface area contributed by atoms with E-state index in [1.807, 2.05) is 0 Å². The highest BCUT2D eigenvalue weighted by Gasteiger charge is 2.04. The van der Waals surface area contributed by atoms with Crippen molar-refractivity contribution < 1.29 is 4.39 Å². The molecule has 0 saturated carbocycles. The first kappa shape index (κ1) is 11.2. The SMILES string of the molecule is N#Cc1ccc2nc(Nc3cccc(F)c3)[nH]c2c1. The monoisotopic (exact) mass is 252 g/mol. The Balaban J connectivity index is 1.96. The van der Waals surface area contributed by atoms with Crippen molar-refractivity contribution in [3.63, 3.8) is 0 Å². The number of imidazole rings is 1. The molecule has 1 heterocycles. The van der Waals surface area contributed by atoms with Gasteiger partial charge >= 0.3 is 0 Å². The zero-order chi connectivity index (χ0) is 13.2. The topological polar surface area (TPSA) is 64.5 Å². The van der Waals surface area contributed by atoms with Gasteiger partial charge in [0.25, 0.3) is 0 Å². The normalized spacial score (nSPS) is 10.3. The van der Waals surface area contributed by atoms with Crippen LogP contribution in [0.15, 0.2) is 42.5 Å². The van der Waals surface area contributed by atoms with Gasteiger partial charge in [0.05, 0.1) is 22.7 Å². The summed E-state index contributed by atoms with van der Waals surface area (Å²) < 4.78 is 13.1. The van der Waals surface area contributed by atoms with E-state index in [2.05, 4.69) is 21.4 Å². The minimum absolute atomic E-state index is 0.312. The van der Waals surface area contributed by atoms with Gasteiger partial charge in [0.15, 0.2) is 0 Å². The Hall–Kier alpha value is -2.87. The van der Waals surface area contributed by atoms with Crippen molar-refractivity contribution in [1.82, 2.24) is 9.97 Å². The van der Waals surface area contributed by atoms with Crippen molar-refractivity contribution in [1.29, 1.82) is 5.26 Å². The largest absolute Gasteiger partial charge is 0.326 e. The number of aromatic amines is 1. The Morgan fingerprint density at radius 1 is 1.21 bits per heavy atom. The minimum Gasteiger partial charge on any atom is -0.326 e. The molecule has 1 aromatic heterocycles. The number of rotatable bonds is 2. The van der Waals surface area contributed by atoms with Crippen LogP contribution < -0.4 is 5.32 Å². The second-order valence-electron chi connectivity index (χ2n) is 4.06. The first-order chi connectivity index (χ1) is 9.24. The molecule has 4 nitrogen and oxygen atoms in total. The number of aromatic nitrogens is 2. The van der Waals surface area contributed by atoms with Crippen molar-refractivity contribution >= 4 is 22.7 Å². The lowest BCUT2D eigenvalue weighted by molar-refractivity contribution is 0.628. The summed E-state index contributed by atoms with van der Waals surface area (Å²) in [6.45, 7) is 0. The molecule has 0 atom stereocenters. The summed E-state index contributed by atoms with van der Waals surface area (Å²) in [4.78, 5) is 7.36. The standard InChI is InChI=1S/C14H9FN4/c15-10-2-1-3-11(7-10)17-14-18-12-5-4-9(8-16)6-13(12)19-14/h1-7H,(H2,17,18,19). The zero-order valence-electron chi connectivity index (χ0n) is 9.81. The van der Waals surface area contributed by atoms with Gasteiger partial charge in [-0.15, -0.1) is 0 Å². The molecule has 0 saturated heterocycles. The van der Waals surface area contributed by atoms with Crippen LogP contribution in [0.3, 0.4) is 0 Å². The van der Waals surface area contributed by atoms with Gasteiger partial charge in [0.2, 0.25) is 5.95 Å². The molecule has 0 aliphatic carbocycles. The lowest BCUT2D eigenvalue weighted by atomic mass is 10.2. The van der Waals surface area contributed by atoms with E-state index in [0.29, 0.717) is 17.2 Å². The smallest absolute Gasteiger partial charge is 0.205 e. The van der Waals surface area contributed by atoms with Crippen LogP contribution in [0.4, 0.5) is 16.0 Å². The molecule has 19 heavy (non-hydrogen) atoms. The fourth-order valence-electron chi connectivity index (χ4n) is 1.84. The number of fused-ring (bicyclic) bond motifs is 1. The van der Waals surface area contributed by atoms with Gasteiger partial charge in [-0.3, -0.25) is 0 Å². The van der Waals surface area contributed by atoms with Crippen molar-refractivity contribution in [3.05, 3.63) is 53.8 Å². The van der Waals surface area contributed by atoms with E-state index in [4.69, 9.17) is 5.26 Å². The third-order valence-corrected chi connectivity index (χ3v) is 2.70. The molecule has 0 fully saturated rings. The number of H-pyrrole nitrogens is 1. The maximum atomic E-state index is 13.1. The fraction of sp³-hybridized carbons (Fsp3) is 0. The Bertz CT molecular complexity index is 785. The number of nitrogens with zero attached hydrogens (tertiary/aromatic N) is 2. The van der Waals surface area contributed by atoms with E-state index in [1.54, 1.807) is 30.3 Å². The lowest BCUT2D eigenvalue weighted by Gasteiger charge is -2.01. The van der Waals surface area contributed by atoms with E-state index in [1.165, 1.54) is 12.1 Å². The maximum Gasteiger partial charge on any atom is 0.205 e. The quantitative estimate of drug-likeness (QED) is 0.735. The second-order valence-corrected chi connectivity index (χ2v) is 4.06. The number of hydrogen-bond acceptors (Lipinski definition) is 3. The Kier molecular flexibility index (Phi) is 2.62. The maximum absolute atomic E-state index is 13.1. The first-order valence-electron chi connectivity index (χ1n) is 5.67. The molecule has 5 heteroatoms. The van der Waals surface area contributed by atoms with Crippen molar-refractivity contribution in [2.24, 2.45) is 0 Å². The van der Waals surface area contributed by atoms with Crippen LogP contribution in [0, 0.1) is 17.1 Å². The summed E-state index contributed by atoms with van der Waals surface area (Å²) in [5, 5.41) is 11.8.